The molecule has 0 saturated carbocycles. The molecule has 0 heterocycles. The average Bonchev–Trinajstić information content (AvgIpc) is 2.57. The Balaban J connectivity index is 2.04. The summed E-state index contributed by atoms with van der Waals surface area (Å²) in [7, 11) is 0. The number of halogens is 4. The van der Waals surface area contributed by atoms with Gasteiger partial charge >= 0.3 is 6.18 Å². The Labute approximate surface area is 149 Å². The molecule has 0 atom stereocenters. The number of nitrogens with one attached hydrogen (secondary N) is 1. The van der Waals surface area contributed by atoms with Gasteiger partial charge in [0.2, 0.25) is 0 Å². The lowest BCUT2D eigenvalue weighted by atomic mass is 10.1. The van der Waals surface area contributed by atoms with Gasteiger partial charge in [0, 0.05) is 12.1 Å². The van der Waals surface area contributed by atoms with Crippen LogP contribution in [0.2, 0.25) is 0 Å². The molecule has 0 saturated heterocycles. The minimum absolute atomic E-state index is 0.0830. The molecule has 140 valence electrons. The lowest BCUT2D eigenvalue weighted by Gasteiger charge is -2.11. The monoisotopic (exact) mass is 369 g/mol. The maximum atomic E-state index is 13.3. The summed E-state index contributed by atoms with van der Waals surface area (Å²) in [5.41, 5.74) is -0.0102. The Morgan fingerprint density at radius 3 is 2.46 bits per heavy atom. The van der Waals surface area contributed by atoms with E-state index in [4.69, 9.17) is 4.74 Å². The topological polar surface area (TPSA) is 38.3 Å². The number of hydrogen-bond acceptors (Lipinski definition) is 2. The number of carbonyl (C=O) groups is 1. The third-order valence-corrected chi connectivity index (χ3v) is 3.56. The Kier molecular flexibility index (Phi) is 6.37. The van der Waals surface area contributed by atoms with E-state index in [0.29, 0.717) is 18.7 Å². The lowest BCUT2D eigenvalue weighted by molar-refractivity contribution is -0.140. The van der Waals surface area contributed by atoms with Crippen molar-refractivity contribution < 1.29 is 27.1 Å². The van der Waals surface area contributed by atoms with Crippen molar-refractivity contribution in [3.63, 3.8) is 0 Å². The van der Waals surface area contributed by atoms with Gasteiger partial charge < -0.3 is 10.1 Å². The molecule has 0 fully saturated rings. The van der Waals surface area contributed by atoms with Crippen molar-refractivity contribution in [1.29, 1.82) is 0 Å². The SMILES string of the molecule is CC(C)OCc1cccc(CNC(=O)c2ccc(F)c(C(F)(F)F)c2)c1. The molecule has 2 aromatic rings. The first kappa shape index (κ1) is 19.9. The van der Waals surface area contributed by atoms with Gasteiger partial charge in [0.1, 0.15) is 5.82 Å². The summed E-state index contributed by atoms with van der Waals surface area (Å²) < 4.78 is 57.0. The van der Waals surface area contributed by atoms with E-state index >= 15 is 0 Å². The highest BCUT2D eigenvalue weighted by molar-refractivity contribution is 5.94. The van der Waals surface area contributed by atoms with Crippen LogP contribution < -0.4 is 5.32 Å². The molecule has 7 heteroatoms. The van der Waals surface area contributed by atoms with Crippen LogP contribution in [-0.4, -0.2) is 12.0 Å². The molecule has 2 aromatic carbocycles. The van der Waals surface area contributed by atoms with Crippen molar-refractivity contribution in [2.24, 2.45) is 0 Å². The normalized spacial score (nSPS) is 11.7. The summed E-state index contributed by atoms with van der Waals surface area (Å²) in [5, 5.41) is 2.54. The van der Waals surface area contributed by atoms with Crippen LogP contribution in [0.15, 0.2) is 42.5 Å². The summed E-state index contributed by atoms with van der Waals surface area (Å²) in [4.78, 5) is 12.1. The van der Waals surface area contributed by atoms with Crippen molar-refractivity contribution in [3.8, 4) is 0 Å². The zero-order valence-corrected chi connectivity index (χ0v) is 14.4. The molecule has 3 nitrogen and oxygen atoms in total. The van der Waals surface area contributed by atoms with Crippen molar-refractivity contribution in [2.45, 2.75) is 39.3 Å². The fourth-order valence-corrected chi connectivity index (χ4v) is 2.26. The zero-order chi connectivity index (χ0) is 19.3. The molecular formula is C19H19F4NO2. The van der Waals surface area contributed by atoms with Crippen LogP contribution in [0.25, 0.3) is 0 Å². The highest BCUT2D eigenvalue weighted by atomic mass is 19.4. The molecule has 0 aliphatic rings. The molecule has 1 N–H and O–H groups in total. The highest BCUT2D eigenvalue weighted by Gasteiger charge is 2.34. The van der Waals surface area contributed by atoms with E-state index in [1.54, 1.807) is 12.1 Å². The number of benzene rings is 2. The fraction of sp³-hybridized carbons (Fsp3) is 0.316. The largest absolute Gasteiger partial charge is 0.419 e. The molecule has 0 aromatic heterocycles. The van der Waals surface area contributed by atoms with Crippen LogP contribution in [-0.2, 0) is 24.1 Å². The van der Waals surface area contributed by atoms with Gasteiger partial charge in [-0.2, -0.15) is 13.2 Å². The van der Waals surface area contributed by atoms with Crippen LogP contribution in [0.5, 0.6) is 0 Å². The van der Waals surface area contributed by atoms with E-state index < -0.39 is 23.5 Å². The Bertz CT molecular complexity index is 772. The van der Waals surface area contributed by atoms with Gasteiger partial charge in [-0.3, -0.25) is 4.79 Å². The standard InChI is InChI=1S/C19H19F4NO2/c1-12(2)26-11-14-5-3-4-13(8-14)10-24-18(25)15-6-7-17(20)16(9-15)19(21,22)23/h3-9,12H,10-11H2,1-2H3,(H,24,25). The smallest absolute Gasteiger partial charge is 0.374 e. The number of carbonyl (C=O) groups excluding carboxylic acids is 1. The number of ether oxygens (including phenoxy) is 1. The van der Waals surface area contributed by atoms with Crippen molar-refractivity contribution in [1.82, 2.24) is 5.32 Å². The zero-order valence-electron chi connectivity index (χ0n) is 14.4. The van der Waals surface area contributed by atoms with Gasteiger partial charge in [0.05, 0.1) is 18.3 Å². The van der Waals surface area contributed by atoms with Gasteiger partial charge in [-0.05, 0) is 43.2 Å². The molecule has 26 heavy (non-hydrogen) atoms. The highest BCUT2D eigenvalue weighted by Crippen LogP contribution is 2.31. The molecule has 0 spiro atoms. The Hall–Kier alpha value is -2.41. The van der Waals surface area contributed by atoms with Crippen molar-refractivity contribution in [3.05, 3.63) is 70.5 Å². The summed E-state index contributed by atoms with van der Waals surface area (Å²) in [6.45, 7) is 4.39. The van der Waals surface area contributed by atoms with E-state index in [2.05, 4.69) is 5.32 Å². The van der Waals surface area contributed by atoms with E-state index in [-0.39, 0.29) is 18.2 Å². The molecule has 2 rings (SSSR count). The first-order valence-corrected chi connectivity index (χ1v) is 8.01. The minimum Gasteiger partial charge on any atom is -0.374 e. The number of rotatable bonds is 6. The third kappa shape index (κ3) is 5.56. The fourth-order valence-electron chi connectivity index (χ4n) is 2.26. The van der Waals surface area contributed by atoms with Crippen LogP contribution in [0.1, 0.15) is 40.9 Å². The predicted molar refractivity (Wildman–Crippen MR) is 88.9 cm³/mol. The second kappa shape index (κ2) is 8.31. The van der Waals surface area contributed by atoms with E-state index in [9.17, 15) is 22.4 Å². The van der Waals surface area contributed by atoms with Crippen molar-refractivity contribution in [2.75, 3.05) is 0 Å². The Morgan fingerprint density at radius 1 is 1.12 bits per heavy atom. The number of amides is 1. The molecular weight excluding hydrogens is 350 g/mol. The Morgan fingerprint density at radius 2 is 1.81 bits per heavy atom. The summed E-state index contributed by atoms with van der Waals surface area (Å²) in [6.07, 6.45) is -4.77. The van der Waals surface area contributed by atoms with Crippen molar-refractivity contribution >= 4 is 5.91 Å². The third-order valence-electron chi connectivity index (χ3n) is 3.56. The van der Waals surface area contributed by atoms with Gasteiger partial charge in [0.25, 0.3) is 5.91 Å². The first-order chi connectivity index (χ1) is 12.2. The molecule has 0 radical (unpaired) electrons. The summed E-state index contributed by atoms with van der Waals surface area (Å²) >= 11 is 0. The quantitative estimate of drug-likeness (QED) is 0.750. The molecule has 1 amide bonds. The molecule has 0 bridgehead atoms. The maximum Gasteiger partial charge on any atom is 0.419 e. The van der Waals surface area contributed by atoms with Gasteiger partial charge in [-0.15, -0.1) is 0 Å². The molecule has 0 unspecified atom stereocenters. The van der Waals surface area contributed by atoms with E-state index in [0.717, 1.165) is 17.2 Å². The van der Waals surface area contributed by atoms with Gasteiger partial charge in [0.15, 0.2) is 0 Å². The van der Waals surface area contributed by atoms with Gasteiger partial charge in [-0.1, -0.05) is 24.3 Å². The first-order valence-electron chi connectivity index (χ1n) is 8.01. The lowest BCUT2D eigenvalue weighted by Crippen LogP contribution is -2.23. The summed E-state index contributed by atoms with van der Waals surface area (Å²) in [5.74, 6) is -2.12. The summed E-state index contributed by atoms with van der Waals surface area (Å²) in [6, 6.07) is 9.48. The van der Waals surface area contributed by atoms with Gasteiger partial charge in [-0.25, -0.2) is 4.39 Å². The van der Waals surface area contributed by atoms with Crippen LogP contribution >= 0.6 is 0 Å². The van der Waals surface area contributed by atoms with E-state index in [1.165, 1.54) is 0 Å². The predicted octanol–water partition coefficient (Wildman–Crippen LogP) is 4.70. The van der Waals surface area contributed by atoms with Crippen LogP contribution in [0.3, 0.4) is 0 Å². The second-order valence-corrected chi connectivity index (χ2v) is 6.05. The average molecular weight is 369 g/mol. The maximum absolute atomic E-state index is 13.3. The molecule has 0 aliphatic carbocycles. The van der Waals surface area contributed by atoms with Crippen LogP contribution in [0.4, 0.5) is 17.6 Å². The number of hydrogen-bond donors (Lipinski definition) is 1. The number of alkyl halides is 3. The van der Waals surface area contributed by atoms with Crippen LogP contribution in [0, 0.1) is 5.82 Å². The molecule has 0 aliphatic heterocycles. The van der Waals surface area contributed by atoms with E-state index in [1.807, 2.05) is 26.0 Å². The second-order valence-electron chi connectivity index (χ2n) is 6.05. The minimum atomic E-state index is -4.86.